The summed E-state index contributed by atoms with van der Waals surface area (Å²) >= 11 is 6.12. The van der Waals surface area contributed by atoms with Gasteiger partial charge in [0, 0.05) is 52.4 Å². The highest BCUT2D eigenvalue weighted by atomic mass is 35.5. The number of hydrogen-bond donors (Lipinski definition) is 3. The summed E-state index contributed by atoms with van der Waals surface area (Å²) in [7, 11) is 0. The number of Topliss-reactive ketones (excluding diaryl/α,β-unsaturated/α-hetero) is 1. The number of fused-ring (bicyclic) bond motifs is 1. The van der Waals surface area contributed by atoms with Gasteiger partial charge in [0.2, 0.25) is 0 Å². The zero-order valence-electron chi connectivity index (χ0n) is 27.9. The Morgan fingerprint density at radius 3 is 2.22 bits per heavy atom. The Bertz CT molecular complexity index is 1440. The lowest BCUT2D eigenvalue weighted by molar-refractivity contribution is -0.181. The smallest absolute Gasteiger partial charge is 0.162 e. The molecule has 3 N–H and O–H groups in total. The Kier molecular flexibility index (Phi) is 7.42. The quantitative estimate of drug-likeness (QED) is 0.291. The molecule has 8 aliphatic rings. The zero-order valence-corrected chi connectivity index (χ0v) is 28.7. The molecule has 8 atom stereocenters. The molecule has 2 spiro atoms. The van der Waals surface area contributed by atoms with Crippen LogP contribution in [0.1, 0.15) is 109 Å². The topological polar surface area (TPSA) is 81.0 Å². The summed E-state index contributed by atoms with van der Waals surface area (Å²) in [5, 5.41) is 36.0. The molecule has 9 rings (SSSR count). The van der Waals surface area contributed by atoms with Crippen molar-refractivity contribution in [2.45, 2.75) is 121 Å². The second-order valence-electron chi connectivity index (χ2n) is 17.3. The number of halogens is 1. The minimum Gasteiger partial charge on any atom is -0.393 e. The Balaban J connectivity index is 1.11. The molecule has 1 aromatic carbocycles. The molecule has 2 bridgehead atoms. The number of hydrogen-bond acceptors (Lipinski definition) is 5. The third-order valence-corrected chi connectivity index (χ3v) is 15.8. The highest BCUT2D eigenvalue weighted by Crippen LogP contribution is 2.78. The fraction of sp³-hybridized carbons (Fsp3) is 0.725. The minimum absolute atomic E-state index is 0.0123. The summed E-state index contributed by atoms with van der Waals surface area (Å²) in [6.07, 6.45) is 19.9. The number of aliphatic hydroxyl groups excluding tert-OH is 1. The lowest BCUT2D eigenvalue weighted by Gasteiger charge is -2.71. The Morgan fingerprint density at radius 2 is 1.50 bits per heavy atom. The largest absolute Gasteiger partial charge is 0.393 e. The van der Waals surface area contributed by atoms with Crippen molar-refractivity contribution in [2.24, 2.45) is 39.4 Å². The molecule has 1 aromatic rings. The molecule has 1 unspecified atom stereocenters. The predicted molar refractivity (Wildman–Crippen MR) is 181 cm³/mol. The van der Waals surface area contributed by atoms with E-state index in [2.05, 4.69) is 37.0 Å². The number of piperidine rings is 1. The van der Waals surface area contributed by atoms with Gasteiger partial charge in [-0.2, -0.15) is 0 Å². The number of nitrogens with zero attached hydrogens (tertiary/aromatic N) is 1. The third-order valence-electron chi connectivity index (χ3n) is 15.5. The summed E-state index contributed by atoms with van der Waals surface area (Å²) in [5.41, 5.74) is -0.643. The average Bonchev–Trinajstić information content (AvgIpc) is 3.32. The van der Waals surface area contributed by atoms with Crippen molar-refractivity contribution in [1.82, 2.24) is 4.90 Å². The number of carbonyl (C=O) groups excluding carboxylic acids is 1. The fourth-order valence-electron chi connectivity index (χ4n) is 12.7. The standard InChI is InChI=1S/C40H54ClNO4/c1-35-15-12-30(43)24-37(35)18-19-40(31(25-37)34(44)27-6-4-3-5-7-27)32(35)13-16-36(2)33(40)14-17-39(36,46)26-42-22-20-38(45,21-23-42)28-8-10-29(41)11-9-28/h8-11,18-19,25,27,30,32-33,43,45-46H,3-7,12-17,20-24,26H2,1-2H3/t30?,32-,33-,35-,36+,37+,39-,40-/m1/s1. The van der Waals surface area contributed by atoms with Gasteiger partial charge in [-0.1, -0.05) is 75.1 Å². The predicted octanol–water partition coefficient (Wildman–Crippen LogP) is 7.36. The van der Waals surface area contributed by atoms with Crippen LogP contribution in [0.5, 0.6) is 0 Å². The number of aliphatic hydroxyl groups is 3. The molecule has 4 saturated carbocycles. The van der Waals surface area contributed by atoms with Crippen LogP contribution in [-0.4, -0.2) is 57.3 Å². The van der Waals surface area contributed by atoms with Crippen LogP contribution in [0.4, 0.5) is 0 Å². The molecular weight excluding hydrogens is 594 g/mol. The monoisotopic (exact) mass is 647 g/mol. The second-order valence-corrected chi connectivity index (χ2v) is 17.8. The lowest BCUT2D eigenvalue weighted by Crippen LogP contribution is -2.67. The summed E-state index contributed by atoms with van der Waals surface area (Å²) in [4.78, 5) is 17.1. The molecule has 1 saturated heterocycles. The van der Waals surface area contributed by atoms with Gasteiger partial charge in [-0.3, -0.25) is 4.79 Å². The number of carbonyl (C=O) groups is 1. The molecule has 46 heavy (non-hydrogen) atoms. The minimum atomic E-state index is -0.869. The Labute approximate surface area is 280 Å². The van der Waals surface area contributed by atoms with E-state index in [9.17, 15) is 20.1 Å². The molecule has 0 radical (unpaired) electrons. The maximum absolute atomic E-state index is 14.8. The van der Waals surface area contributed by atoms with E-state index < -0.39 is 11.2 Å². The first-order chi connectivity index (χ1) is 21.9. The highest BCUT2D eigenvalue weighted by molar-refractivity contribution is 6.30. The number of likely N-dealkylation sites (tertiary alicyclic amines) is 1. The van der Waals surface area contributed by atoms with Gasteiger partial charge < -0.3 is 20.2 Å². The van der Waals surface area contributed by atoms with Gasteiger partial charge in [0.1, 0.15) is 0 Å². The molecule has 0 amide bonds. The number of ketones is 1. The van der Waals surface area contributed by atoms with Crippen LogP contribution in [-0.2, 0) is 10.4 Å². The van der Waals surface area contributed by atoms with Crippen molar-refractivity contribution in [3.63, 3.8) is 0 Å². The number of rotatable bonds is 5. The molecule has 0 aromatic heterocycles. The molecule has 6 heteroatoms. The van der Waals surface area contributed by atoms with Crippen molar-refractivity contribution >= 4 is 17.4 Å². The van der Waals surface area contributed by atoms with Gasteiger partial charge in [-0.05, 0) is 106 Å². The van der Waals surface area contributed by atoms with Crippen LogP contribution in [0.3, 0.4) is 0 Å². The van der Waals surface area contributed by atoms with Crippen LogP contribution in [0, 0.1) is 39.4 Å². The maximum atomic E-state index is 14.8. The summed E-state index contributed by atoms with van der Waals surface area (Å²) in [5.74, 6) is 1.05. The van der Waals surface area contributed by atoms with E-state index in [0.29, 0.717) is 36.1 Å². The van der Waals surface area contributed by atoms with Gasteiger partial charge >= 0.3 is 0 Å². The summed E-state index contributed by atoms with van der Waals surface area (Å²) in [6, 6.07) is 7.59. The first-order valence-corrected chi connectivity index (χ1v) is 18.9. The van der Waals surface area contributed by atoms with E-state index in [4.69, 9.17) is 11.6 Å². The molecule has 1 aliphatic heterocycles. The summed E-state index contributed by atoms with van der Waals surface area (Å²) < 4.78 is 0. The van der Waals surface area contributed by atoms with Crippen molar-refractivity contribution < 1.29 is 20.1 Å². The van der Waals surface area contributed by atoms with Crippen molar-refractivity contribution in [2.75, 3.05) is 19.6 Å². The van der Waals surface area contributed by atoms with E-state index in [0.717, 1.165) is 94.9 Å². The zero-order chi connectivity index (χ0) is 32.2. The van der Waals surface area contributed by atoms with Crippen LogP contribution < -0.4 is 0 Å². The van der Waals surface area contributed by atoms with Gasteiger partial charge in [-0.25, -0.2) is 0 Å². The van der Waals surface area contributed by atoms with E-state index in [-0.39, 0.29) is 39.6 Å². The molecule has 5 fully saturated rings. The van der Waals surface area contributed by atoms with E-state index >= 15 is 0 Å². The van der Waals surface area contributed by atoms with Crippen LogP contribution in [0.25, 0.3) is 0 Å². The highest BCUT2D eigenvalue weighted by Gasteiger charge is 2.74. The Hall–Kier alpha value is -1.50. The van der Waals surface area contributed by atoms with Gasteiger partial charge in [0.05, 0.1) is 17.3 Å². The summed E-state index contributed by atoms with van der Waals surface area (Å²) in [6.45, 7) is 6.92. The molecule has 1 heterocycles. The lowest BCUT2D eigenvalue weighted by atomic mass is 9.32. The first kappa shape index (κ1) is 31.7. The van der Waals surface area contributed by atoms with Crippen LogP contribution in [0.2, 0.25) is 5.02 Å². The van der Waals surface area contributed by atoms with Gasteiger partial charge in [-0.15, -0.1) is 0 Å². The van der Waals surface area contributed by atoms with Gasteiger partial charge in [0.15, 0.2) is 5.78 Å². The SMILES string of the molecule is C[C@]12CC[C@H]3[C@]4(C=C[C@@]5(C=C4C(=O)C4CCCCC4)CC(O)CC[C@]35C)[C@@H]1CC[C@@]2(O)CN1CCC(O)(c2ccc(Cl)cc2)CC1. The fourth-order valence-corrected chi connectivity index (χ4v) is 12.8. The number of benzene rings is 1. The average molecular weight is 648 g/mol. The van der Waals surface area contributed by atoms with Crippen molar-refractivity contribution in [3.8, 4) is 0 Å². The molecular formula is C40H54ClNO4. The third kappa shape index (κ3) is 4.30. The number of allylic oxidation sites excluding steroid dienone is 4. The second kappa shape index (κ2) is 10.7. The maximum Gasteiger partial charge on any atom is 0.162 e. The van der Waals surface area contributed by atoms with Crippen LogP contribution >= 0.6 is 11.6 Å². The molecule has 5 nitrogen and oxygen atoms in total. The van der Waals surface area contributed by atoms with Crippen LogP contribution in [0.15, 0.2) is 48.1 Å². The van der Waals surface area contributed by atoms with E-state index in [1.165, 1.54) is 6.42 Å². The van der Waals surface area contributed by atoms with Crippen molar-refractivity contribution in [3.05, 3.63) is 58.7 Å². The molecule has 250 valence electrons. The van der Waals surface area contributed by atoms with E-state index in [1.54, 1.807) is 0 Å². The number of β-amino-alcohol motifs (C(OH)–C–C–N with tert-alkyl or cyclic N) is 1. The first-order valence-electron chi connectivity index (χ1n) is 18.5. The van der Waals surface area contributed by atoms with Gasteiger partial charge in [0.25, 0.3) is 0 Å². The van der Waals surface area contributed by atoms with E-state index in [1.807, 2.05) is 24.3 Å². The Morgan fingerprint density at radius 1 is 0.848 bits per heavy atom. The molecule has 7 aliphatic carbocycles. The van der Waals surface area contributed by atoms with Crippen molar-refractivity contribution in [1.29, 1.82) is 0 Å². The normalized spacial score (nSPS) is 45.1.